The summed E-state index contributed by atoms with van der Waals surface area (Å²) >= 11 is 11.5. The van der Waals surface area contributed by atoms with Crippen LogP contribution in [0.2, 0.25) is 10.3 Å². The van der Waals surface area contributed by atoms with Crippen LogP contribution in [0.5, 0.6) is 0 Å². The van der Waals surface area contributed by atoms with Crippen molar-refractivity contribution in [2.75, 3.05) is 6.54 Å². The van der Waals surface area contributed by atoms with Crippen LogP contribution in [0.3, 0.4) is 0 Å². The molecule has 1 heterocycles. The van der Waals surface area contributed by atoms with Gasteiger partial charge >= 0.3 is 0 Å². The van der Waals surface area contributed by atoms with Crippen LogP contribution >= 0.6 is 23.2 Å². The Balaban J connectivity index is 1.73. The fraction of sp³-hybridized carbons (Fsp3) is 0.188. The van der Waals surface area contributed by atoms with Gasteiger partial charge in [0.1, 0.15) is 10.3 Å². The molecule has 2 aromatic rings. The van der Waals surface area contributed by atoms with Crippen molar-refractivity contribution >= 4 is 35.0 Å². The number of pyridine rings is 1. The Morgan fingerprint density at radius 1 is 1.00 bits per heavy atom. The van der Waals surface area contributed by atoms with Crippen LogP contribution in [-0.4, -0.2) is 23.3 Å². The third-order valence-corrected chi connectivity index (χ3v) is 3.53. The summed E-state index contributed by atoms with van der Waals surface area (Å²) in [5.41, 5.74) is 1.24. The SMILES string of the molecule is O=C(CCNC(=O)c1ccc(Cl)nc1Cl)NCc1ccccc1. The second kappa shape index (κ2) is 8.50. The minimum Gasteiger partial charge on any atom is -0.352 e. The van der Waals surface area contributed by atoms with E-state index in [1.54, 1.807) is 0 Å². The number of hydrogen-bond acceptors (Lipinski definition) is 3. The van der Waals surface area contributed by atoms with E-state index in [2.05, 4.69) is 15.6 Å². The van der Waals surface area contributed by atoms with Crippen LogP contribution in [0.25, 0.3) is 0 Å². The molecule has 5 nitrogen and oxygen atoms in total. The Hall–Kier alpha value is -2.11. The maximum Gasteiger partial charge on any atom is 0.254 e. The first-order valence-electron chi connectivity index (χ1n) is 6.97. The molecular weight excluding hydrogens is 337 g/mol. The molecule has 2 rings (SSSR count). The molecule has 0 aliphatic rings. The van der Waals surface area contributed by atoms with Crippen LogP contribution in [-0.2, 0) is 11.3 Å². The third-order valence-electron chi connectivity index (χ3n) is 3.03. The molecule has 0 fully saturated rings. The number of carbonyl (C=O) groups excluding carboxylic acids is 2. The van der Waals surface area contributed by atoms with E-state index in [-0.39, 0.29) is 34.7 Å². The van der Waals surface area contributed by atoms with E-state index in [9.17, 15) is 9.59 Å². The van der Waals surface area contributed by atoms with Gasteiger partial charge in [0.2, 0.25) is 5.91 Å². The van der Waals surface area contributed by atoms with Crippen molar-refractivity contribution in [1.29, 1.82) is 0 Å². The molecule has 0 bridgehead atoms. The fourth-order valence-corrected chi connectivity index (χ4v) is 2.28. The van der Waals surface area contributed by atoms with Crippen molar-refractivity contribution in [2.45, 2.75) is 13.0 Å². The average Bonchev–Trinajstić information content (AvgIpc) is 2.53. The molecule has 2 amide bonds. The molecule has 0 aliphatic carbocycles. The Bertz CT molecular complexity index is 693. The normalized spacial score (nSPS) is 10.2. The van der Waals surface area contributed by atoms with Crippen molar-refractivity contribution in [3.8, 4) is 0 Å². The summed E-state index contributed by atoms with van der Waals surface area (Å²) in [4.78, 5) is 27.4. The zero-order chi connectivity index (χ0) is 16.7. The largest absolute Gasteiger partial charge is 0.352 e. The van der Waals surface area contributed by atoms with Gasteiger partial charge < -0.3 is 10.6 Å². The number of nitrogens with one attached hydrogen (secondary N) is 2. The van der Waals surface area contributed by atoms with E-state index in [1.165, 1.54) is 12.1 Å². The Labute approximate surface area is 144 Å². The van der Waals surface area contributed by atoms with Crippen molar-refractivity contribution < 1.29 is 9.59 Å². The summed E-state index contributed by atoms with van der Waals surface area (Å²) in [5, 5.41) is 5.65. The highest BCUT2D eigenvalue weighted by molar-refractivity contribution is 6.34. The first-order chi connectivity index (χ1) is 11.1. The monoisotopic (exact) mass is 351 g/mol. The minimum atomic E-state index is -0.393. The number of rotatable bonds is 6. The number of hydrogen-bond donors (Lipinski definition) is 2. The van der Waals surface area contributed by atoms with Gasteiger partial charge in [0, 0.05) is 19.5 Å². The standard InChI is InChI=1S/C16H15Cl2N3O2/c17-13-7-6-12(15(18)21-13)16(23)19-9-8-14(22)20-10-11-4-2-1-3-5-11/h1-7H,8-10H2,(H,19,23)(H,20,22). The van der Waals surface area contributed by atoms with Crippen LogP contribution in [0.15, 0.2) is 42.5 Å². The van der Waals surface area contributed by atoms with Crippen LogP contribution in [0, 0.1) is 0 Å². The highest BCUT2D eigenvalue weighted by atomic mass is 35.5. The maximum absolute atomic E-state index is 11.9. The molecule has 0 saturated carbocycles. The molecule has 0 spiro atoms. The van der Waals surface area contributed by atoms with E-state index in [4.69, 9.17) is 23.2 Å². The number of amides is 2. The van der Waals surface area contributed by atoms with E-state index in [1.807, 2.05) is 30.3 Å². The minimum absolute atomic E-state index is 0.0310. The predicted molar refractivity (Wildman–Crippen MR) is 89.5 cm³/mol. The van der Waals surface area contributed by atoms with Gasteiger partial charge in [-0.25, -0.2) is 4.98 Å². The smallest absolute Gasteiger partial charge is 0.254 e. The highest BCUT2D eigenvalue weighted by Gasteiger charge is 2.12. The molecular formula is C16H15Cl2N3O2. The number of aromatic nitrogens is 1. The molecule has 0 unspecified atom stereocenters. The number of benzene rings is 1. The zero-order valence-electron chi connectivity index (χ0n) is 12.2. The molecule has 2 N–H and O–H groups in total. The molecule has 1 aromatic heterocycles. The molecule has 23 heavy (non-hydrogen) atoms. The number of halogens is 2. The molecule has 0 radical (unpaired) electrons. The number of nitrogens with zero attached hydrogens (tertiary/aromatic N) is 1. The van der Waals surface area contributed by atoms with Gasteiger partial charge in [-0.15, -0.1) is 0 Å². The Morgan fingerprint density at radius 3 is 2.43 bits per heavy atom. The lowest BCUT2D eigenvalue weighted by Crippen LogP contribution is -2.30. The van der Waals surface area contributed by atoms with Crippen molar-refractivity contribution in [3.63, 3.8) is 0 Å². The summed E-state index contributed by atoms with van der Waals surface area (Å²) in [6.07, 6.45) is 0.178. The van der Waals surface area contributed by atoms with E-state index >= 15 is 0 Å². The van der Waals surface area contributed by atoms with E-state index < -0.39 is 5.91 Å². The third kappa shape index (κ3) is 5.54. The summed E-state index contributed by atoms with van der Waals surface area (Å²) < 4.78 is 0. The molecule has 7 heteroatoms. The lowest BCUT2D eigenvalue weighted by molar-refractivity contribution is -0.121. The fourth-order valence-electron chi connectivity index (χ4n) is 1.85. The van der Waals surface area contributed by atoms with Gasteiger partial charge in [-0.3, -0.25) is 9.59 Å². The Kier molecular flexibility index (Phi) is 6.38. The van der Waals surface area contributed by atoms with E-state index in [0.717, 1.165) is 5.56 Å². The predicted octanol–water partition coefficient (Wildman–Crippen LogP) is 2.82. The van der Waals surface area contributed by atoms with Gasteiger partial charge in [-0.2, -0.15) is 0 Å². The zero-order valence-corrected chi connectivity index (χ0v) is 13.7. The highest BCUT2D eigenvalue weighted by Crippen LogP contribution is 2.16. The summed E-state index contributed by atoms with van der Waals surface area (Å²) in [6, 6.07) is 12.6. The first kappa shape index (κ1) is 17.2. The molecule has 0 aliphatic heterocycles. The van der Waals surface area contributed by atoms with E-state index in [0.29, 0.717) is 6.54 Å². The van der Waals surface area contributed by atoms with Crippen molar-refractivity contribution in [1.82, 2.24) is 15.6 Å². The van der Waals surface area contributed by atoms with Gasteiger partial charge in [0.25, 0.3) is 5.91 Å². The van der Waals surface area contributed by atoms with Crippen molar-refractivity contribution in [3.05, 3.63) is 63.9 Å². The molecule has 0 atom stereocenters. The van der Waals surface area contributed by atoms with Gasteiger partial charge in [0.05, 0.1) is 5.56 Å². The van der Waals surface area contributed by atoms with Crippen LogP contribution in [0.4, 0.5) is 0 Å². The average molecular weight is 352 g/mol. The lowest BCUT2D eigenvalue weighted by atomic mass is 10.2. The second-order valence-electron chi connectivity index (χ2n) is 4.74. The summed E-state index contributed by atoms with van der Waals surface area (Å²) in [5.74, 6) is -0.537. The van der Waals surface area contributed by atoms with Gasteiger partial charge in [0.15, 0.2) is 0 Å². The molecule has 120 valence electrons. The van der Waals surface area contributed by atoms with Crippen LogP contribution in [0.1, 0.15) is 22.3 Å². The van der Waals surface area contributed by atoms with Gasteiger partial charge in [-0.05, 0) is 17.7 Å². The second-order valence-corrected chi connectivity index (χ2v) is 5.49. The number of carbonyl (C=O) groups is 2. The Morgan fingerprint density at radius 2 is 1.74 bits per heavy atom. The lowest BCUT2D eigenvalue weighted by Gasteiger charge is -2.07. The molecule has 0 saturated heterocycles. The quantitative estimate of drug-likeness (QED) is 0.786. The summed E-state index contributed by atoms with van der Waals surface area (Å²) in [6.45, 7) is 0.666. The topological polar surface area (TPSA) is 71.1 Å². The van der Waals surface area contributed by atoms with Gasteiger partial charge in [-0.1, -0.05) is 53.5 Å². The molecule has 1 aromatic carbocycles. The van der Waals surface area contributed by atoms with Crippen LogP contribution < -0.4 is 10.6 Å². The first-order valence-corrected chi connectivity index (χ1v) is 7.72. The maximum atomic E-state index is 11.9. The summed E-state index contributed by atoms with van der Waals surface area (Å²) in [7, 11) is 0. The van der Waals surface area contributed by atoms with Crippen molar-refractivity contribution in [2.24, 2.45) is 0 Å².